The van der Waals surface area contributed by atoms with Gasteiger partial charge in [-0.2, -0.15) is 5.10 Å². The number of carbonyl (C=O) groups is 2. The zero-order valence-corrected chi connectivity index (χ0v) is 17.5. The third kappa shape index (κ3) is 3.48. The lowest BCUT2D eigenvalue weighted by molar-refractivity contribution is -0.135. The molecule has 1 aromatic carbocycles. The topological polar surface area (TPSA) is 103 Å². The molecule has 0 bridgehead atoms. The normalized spacial score (nSPS) is 20.4. The second-order valence-electron chi connectivity index (χ2n) is 8.50. The van der Waals surface area contributed by atoms with Crippen molar-refractivity contribution in [3.8, 4) is 11.1 Å². The van der Waals surface area contributed by atoms with Crippen molar-refractivity contribution in [3.05, 3.63) is 41.1 Å². The average molecular weight is 422 g/mol. The molecule has 2 aromatic heterocycles. The van der Waals surface area contributed by atoms with Gasteiger partial charge in [0, 0.05) is 37.3 Å². The molecule has 9 heteroatoms. The number of hydrogen-bond donors (Lipinski definition) is 2. The van der Waals surface area contributed by atoms with Crippen LogP contribution in [0.5, 0.6) is 0 Å². The lowest BCUT2D eigenvalue weighted by atomic mass is 9.98. The van der Waals surface area contributed by atoms with Crippen molar-refractivity contribution in [2.24, 2.45) is 13.0 Å². The van der Waals surface area contributed by atoms with E-state index in [1.54, 1.807) is 11.6 Å². The first-order valence-electron chi connectivity index (χ1n) is 10.8. The molecule has 2 amide bonds. The van der Waals surface area contributed by atoms with Crippen molar-refractivity contribution in [1.82, 2.24) is 29.5 Å². The monoisotopic (exact) mass is 422 g/mol. The SMILES string of the molecule is Cn1c(=O)n(C2CCC(=O)NC2=O)c2cccc(-c3cnn(CC4CCNCC4)c3)c21. The van der Waals surface area contributed by atoms with Gasteiger partial charge in [-0.25, -0.2) is 4.79 Å². The predicted octanol–water partition coefficient (Wildman–Crippen LogP) is 1.18. The summed E-state index contributed by atoms with van der Waals surface area (Å²) in [6.45, 7) is 2.98. The Balaban J connectivity index is 1.53. The van der Waals surface area contributed by atoms with Gasteiger partial charge in [0.2, 0.25) is 11.8 Å². The smallest absolute Gasteiger partial charge is 0.317 e. The molecule has 1 atom stereocenters. The molecule has 31 heavy (non-hydrogen) atoms. The fourth-order valence-electron chi connectivity index (χ4n) is 4.83. The minimum atomic E-state index is -0.688. The maximum absolute atomic E-state index is 13.1. The average Bonchev–Trinajstić information content (AvgIpc) is 3.32. The van der Waals surface area contributed by atoms with E-state index in [-0.39, 0.29) is 18.0 Å². The number of para-hydroxylation sites is 1. The second-order valence-corrected chi connectivity index (χ2v) is 8.50. The van der Waals surface area contributed by atoms with Crippen molar-refractivity contribution in [2.45, 2.75) is 38.3 Å². The fourth-order valence-corrected chi connectivity index (χ4v) is 4.83. The molecule has 2 N–H and O–H groups in total. The molecular formula is C22H26N6O3. The molecule has 0 radical (unpaired) electrons. The van der Waals surface area contributed by atoms with Crippen LogP contribution in [0.15, 0.2) is 35.4 Å². The summed E-state index contributed by atoms with van der Waals surface area (Å²) in [7, 11) is 1.72. The van der Waals surface area contributed by atoms with Crippen LogP contribution in [0.1, 0.15) is 31.7 Å². The number of carbonyl (C=O) groups excluding carboxylic acids is 2. The van der Waals surface area contributed by atoms with E-state index in [4.69, 9.17) is 0 Å². The molecule has 3 aromatic rings. The van der Waals surface area contributed by atoms with Crippen molar-refractivity contribution in [2.75, 3.05) is 13.1 Å². The molecule has 2 saturated heterocycles. The first kappa shape index (κ1) is 19.7. The molecule has 1 unspecified atom stereocenters. The van der Waals surface area contributed by atoms with Gasteiger partial charge >= 0.3 is 5.69 Å². The van der Waals surface area contributed by atoms with Crippen LogP contribution in [-0.4, -0.2) is 43.8 Å². The number of imidazole rings is 1. The predicted molar refractivity (Wildman–Crippen MR) is 115 cm³/mol. The summed E-state index contributed by atoms with van der Waals surface area (Å²) in [4.78, 5) is 37.1. The van der Waals surface area contributed by atoms with Gasteiger partial charge in [-0.1, -0.05) is 12.1 Å². The lowest BCUT2D eigenvalue weighted by Crippen LogP contribution is -2.44. The Morgan fingerprint density at radius 1 is 1.13 bits per heavy atom. The number of aryl methyl sites for hydroxylation is 1. The van der Waals surface area contributed by atoms with E-state index in [0.29, 0.717) is 17.9 Å². The number of nitrogens with zero attached hydrogens (tertiary/aromatic N) is 4. The molecule has 5 rings (SSSR count). The third-order valence-electron chi connectivity index (χ3n) is 6.47. The van der Waals surface area contributed by atoms with E-state index in [2.05, 4.69) is 15.7 Å². The molecule has 2 fully saturated rings. The Morgan fingerprint density at radius 2 is 1.94 bits per heavy atom. The number of fused-ring (bicyclic) bond motifs is 1. The highest BCUT2D eigenvalue weighted by atomic mass is 16.2. The van der Waals surface area contributed by atoms with E-state index < -0.39 is 11.9 Å². The number of nitrogens with one attached hydrogen (secondary N) is 2. The molecule has 0 spiro atoms. The molecular weight excluding hydrogens is 396 g/mol. The summed E-state index contributed by atoms with van der Waals surface area (Å²) in [6.07, 6.45) is 6.71. The summed E-state index contributed by atoms with van der Waals surface area (Å²) in [5.41, 5.74) is 3.03. The fraction of sp³-hybridized carbons (Fsp3) is 0.455. The minimum Gasteiger partial charge on any atom is -0.317 e. The number of amides is 2. The van der Waals surface area contributed by atoms with E-state index >= 15 is 0 Å². The van der Waals surface area contributed by atoms with Crippen molar-refractivity contribution >= 4 is 22.8 Å². The van der Waals surface area contributed by atoms with E-state index in [1.807, 2.05) is 35.3 Å². The maximum Gasteiger partial charge on any atom is 0.329 e. The van der Waals surface area contributed by atoms with Crippen LogP contribution in [0.3, 0.4) is 0 Å². The molecule has 2 aliphatic rings. The van der Waals surface area contributed by atoms with Crippen molar-refractivity contribution in [3.63, 3.8) is 0 Å². The second kappa shape index (κ2) is 7.81. The highest BCUT2D eigenvalue weighted by Crippen LogP contribution is 2.30. The van der Waals surface area contributed by atoms with Gasteiger partial charge in [0.25, 0.3) is 0 Å². The van der Waals surface area contributed by atoms with Crippen LogP contribution in [-0.2, 0) is 23.2 Å². The van der Waals surface area contributed by atoms with Gasteiger partial charge in [0.15, 0.2) is 0 Å². The molecule has 2 aliphatic heterocycles. The molecule has 9 nitrogen and oxygen atoms in total. The first-order chi connectivity index (χ1) is 15.0. The Hall–Kier alpha value is -3.20. The van der Waals surface area contributed by atoms with Gasteiger partial charge in [0.05, 0.1) is 17.2 Å². The Morgan fingerprint density at radius 3 is 2.71 bits per heavy atom. The minimum absolute atomic E-state index is 0.225. The molecule has 4 heterocycles. The highest BCUT2D eigenvalue weighted by molar-refractivity contribution is 6.00. The van der Waals surface area contributed by atoms with E-state index in [0.717, 1.165) is 49.1 Å². The number of imide groups is 1. The number of aromatic nitrogens is 4. The van der Waals surface area contributed by atoms with Crippen LogP contribution in [0, 0.1) is 5.92 Å². The molecule has 0 saturated carbocycles. The number of benzene rings is 1. The molecule has 162 valence electrons. The molecule has 0 aliphatic carbocycles. The van der Waals surface area contributed by atoms with Crippen LogP contribution in [0.25, 0.3) is 22.2 Å². The van der Waals surface area contributed by atoms with Crippen LogP contribution >= 0.6 is 0 Å². The summed E-state index contributed by atoms with van der Waals surface area (Å²) in [5, 5.41) is 10.3. The number of hydrogen-bond acceptors (Lipinski definition) is 5. The Labute approximate surface area is 179 Å². The largest absolute Gasteiger partial charge is 0.329 e. The van der Waals surface area contributed by atoms with Gasteiger partial charge in [-0.3, -0.25) is 28.7 Å². The van der Waals surface area contributed by atoms with Gasteiger partial charge in [0.1, 0.15) is 6.04 Å². The Bertz CT molecular complexity index is 1210. The standard InChI is InChI=1S/C22H26N6O3/c1-26-20-16(15-11-24-27(13-15)12-14-7-9-23-10-8-14)3-2-4-17(20)28(22(26)31)18-5-6-19(29)25-21(18)30/h2-4,11,13-14,18,23H,5-10,12H2,1H3,(H,25,29,30). The zero-order chi connectivity index (χ0) is 21.5. The summed E-state index contributed by atoms with van der Waals surface area (Å²) < 4.78 is 5.08. The summed E-state index contributed by atoms with van der Waals surface area (Å²) in [5.74, 6) is -0.106. The van der Waals surface area contributed by atoms with Crippen LogP contribution in [0.2, 0.25) is 0 Å². The zero-order valence-electron chi connectivity index (χ0n) is 17.5. The quantitative estimate of drug-likeness (QED) is 0.615. The van der Waals surface area contributed by atoms with Gasteiger partial charge in [-0.05, 0) is 44.3 Å². The highest BCUT2D eigenvalue weighted by Gasteiger charge is 2.31. The lowest BCUT2D eigenvalue weighted by Gasteiger charge is -2.22. The van der Waals surface area contributed by atoms with Gasteiger partial charge < -0.3 is 5.32 Å². The number of piperidine rings is 2. The summed E-state index contributed by atoms with van der Waals surface area (Å²) in [6, 6.07) is 5.03. The van der Waals surface area contributed by atoms with Crippen LogP contribution in [0.4, 0.5) is 0 Å². The van der Waals surface area contributed by atoms with Crippen LogP contribution < -0.4 is 16.3 Å². The Kier molecular flexibility index (Phi) is 4.97. The number of rotatable bonds is 4. The van der Waals surface area contributed by atoms with Crippen molar-refractivity contribution < 1.29 is 9.59 Å². The van der Waals surface area contributed by atoms with Crippen molar-refractivity contribution in [1.29, 1.82) is 0 Å². The third-order valence-corrected chi connectivity index (χ3v) is 6.47. The van der Waals surface area contributed by atoms with E-state index in [9.17, 15) is 14.4 Å². The maximum atomic E-state index is 13.1. The summed E-state index contributed by atoms with van der Waals surface area (Å²) >= 11 is 0. The van der Waals surface area contributed by atoms with E-state index in [1.165, 1.54) is 4.57 Å². The van der Waals surface area contributed by atoms with Gasteiger partial charge in [-0.15, -0.1) is 0 Å². The first-order valence-corrected chi connectivity index (χ1v) is 10.8.